The lowest BCUT2D eigenvalue weighted by molar-refractivity contribution is -0.139. The van der Waals surface area contributed by atoms with E-state index in [4.69, 9.17) is 11.6 Å². The number of hydrogen-bond donors (Lipinski definition) is 1. The fourth-order valence-corrected chi connectivity index (χ4v) is 4.95. The Kier molecular flexibility index (Phi) is 9.96. The van der Waals surface area contributed by atoms with Gasteiger partial charge in [0.25, 0.3) is 0 Å². The smallest absolute Gasteiger partial charge is 0.244 e. The Morgan fingerprint density at radius 3 is 2.38 bits per heavy atom. The van der Waals surface area contributed by atoms with Gasteiger partial charge < -0.3 is 10.2 Å². The number of rotatable bonds is 10. The summed E-state index contributed by atoms with van der Waals surface area (Å²) in [4.78, 5) is 27.8. The van der Waals surface area contributed by atoms with Crippen LogP contribution in [-0.4, -0.2) is 50.0 Å². The monoisotopic (exact) mass is 571 g/mol. The molecule has 0 spiro atoms. The molecule has 1 N–H and O–H groups in total. The molecule has 34 heavy (non-hydrogen) atoms. The fourth-order valence-electron chi connectivity index (χ4n) is 3.37. The molecule has 0 unspecified atom stereocenters. The van der Waals surface area contributed by atoms with Crippen LogP contribution in [0.3, 0.4) is 0 Å². The SMILES string of the molecule is CC[C@@H](C)NC(=O)[C@@H](C)N(Cc1cccc(Br)c1)C(=O)CN(c1ccc(Cl)cc1C)S(C)(=O)=O. The minimum Gasteiger partial charge on any atom is -0.352 e. The molecule has 186 valence electrons. The first-order valence-corrected chi connectivity index (χ1v) is 13.9. The highest BCUT2D eigenvalue weighted by Crippen LogP contribution is 2.26. The van der Waals surface area contributed by atoms with Gasteiger partial charge in [-0.3, -0.25) is 13.9 Å². The van der Waals surface area contributed by atoms with Crippen molar-refractivity contribution in [3.05, 3.63) is 63.1 Å². The molecule has 0 saturated heterocycles. The van der Waals surface area contributed by atoms with Gasteiger partial charge in [-0.05, 0) is 68.7 Å². The fraction of sp³-hybridized carbons (Fsp3) is 0.417. The average molecular weight is 573 g/mol. The quantitative estimate of drug-likeness (QED) is 0.454. The number of anilines is 1. The number of nitrogens with one attached hydrogen (secondary N) is 1. The van der Waals surface area contributed by atoms with E-state index in [1.165, 1.54) is 4.90 Å². The second-order valence-electron chi connectivity index (χ2n) is 8.35. The molecule has 2 amide bonds. The van der Waals surface area contributed by atoms with Gasteiger partial charge in [-0.2, -0.15) is 0 Å². The highest BCUT2D eigenvalue weighted by Gasteiger charge is 2.31. The number of halogens is 2. The van der Waals surface area contributed by atoms with Gasteiger partial charge in [0.1, 0.15) is 12.6 Å². The van der Waals surface area contributed by atoms with E-state index in [0.29, 0.717) is 16.3 Å². The first-order chi connectivity index (χ1) is 15.8. The molecule has 2 aromatic carbocycles. The molecule has 0 radical (unpaired) electrons. The van der Waals surface area contributed by atoms with Crippen molar-refractivity contribution in [3.8, 4) is 0 Å². The maximum Gasteiger partial charge on any atom is 0.244 e. The van der Waals surface area contributed by atoms with E-state index in [1.807, 2.05) is 38.1 Å². The van der Waals surface area contributed by atoms with Crippen LogP contribution in [-0.2, 0) is 26.2 Å². The molecule has 0 aromatic heterocycles. The standard InChI is InChI=1S/C24H31BrClN3O4S/c1-6-17(3)27-24(31)18(4)28(14-19-8-7-9-20(25)13-19)23(30)15-29(34(5,32)33)22-11-10-21(26)12-16(22)2/h7-13,17-18H,6,14-15H2,1-5H3,(H,27,31)/t17-,18-/m1/s1. The molecule has 0 aliphatic rings. The van der Waals surface area contributed by atoms with Gasteiger partial charge >= 0.3 is 0 Å². The van der Waals surface area contributed by atoms with Gasteiger partial charge in [-0.1, -0.05) is 46.6 Å². The van der Waals surface area contributed by atoms with Crippen molar-refractivity contribution in [2.24, 2.45) is 0 Å². The van der Waals surface area contributed by atoms with Gasteiger partial charge in [0, 0.05) is 22.1 Å². The van der Waals surface area contributed by atoms with Gasteiger partial charge in [-0.15, -0.1) is 0 Å². The van der Waals surface area contributed by atoms with E-state index in [-0.39, 0.29) is 18.5 Å². The second kappa shape index (κ2) is 12.0. The summed E-state index contributed by atoms with van der Waals surface area (Å²) in [7, 11) is -3.80. The number of amides is 2. The summed E-state index contributed by atoms with van der Waals surface area (Å²) < 4.78 is 27.2. The maximum absolute atomic E-state index is 13.5. The predicted octanol–water partition coefficient (Wildman–Crippen LogP) is 4.51. The minimum absolute atomic E-state index is 0.0537. The van der Waals surface area contributed by atoms with Gasteiger partial charge in [0.2, 0.25) is 21.8 Å². The molecule has 0 bridgehead atoms. The van der Waals surface area contributed by atoms with E-state index < -0.39 is 28.5 Å². The molecule has 2 atom stereocenters. The van der Waals surface area contributed by atoms with Crippen molar-refractivity contribution in [1.82, 2.24) is 10.2 Å². The average Bonchev–Trinajstić information content (AvgIpc) is 2.74. The van der Waals surface area contributed by atoms with Gasteiger partial charge in [-0.25, -0.2) is 8.42 Å². The maximum atomic E-state index is 13.5. The Hall–Kier alpha value is -2.10. The Balaban J connectivity index is 2.42. The number of benzene rings is 2. The zero-order valence-corrected chi connectivity index (χ0v) is 23.2. The first kappa shape index (κ1) is 28.1. The Morgan fingerprint density at radius 2 is 1.82 bits per heavy atom. The summed E-state index contributed by atoms with van der Waals surface area (Å²) in [6.07, 6.45) is 1.79. The van der Waals surface area contributed by atoms with Gasteiger partial charge in [0.15, 0.2) is 0 Å². The zero-order valence-electron chi connectivity index (χ0n) is 20.0. The molecule has 2 aromatic rings. The minimum atomic E-state index is -3.80. The van der Waals surface area contributed by atoms with E-state index in [1.54, 1.807) is 32.0 Å². The topological polar surface area (TPSA) is 86.8 Å². The normalized spacial score (nSPS) is 13.1. The number of aryl methyl sites for hydroxylation is 1. The number of carbonyl (C=O) groups is 2. The predicted molar refractivity (Wildman–Crippen MR) is 140 cm³/mol. The van der Waals surface area contributed by atoms with Crippen LogP contribution in [0, 0.1) is 6.92 Å². The molecule has 0 saturated carbocycles. The van der Waals surface area contributed by atoms with Crippen molar-refractivity contribution in [1.29, 1.82) is 0 Å². The molecule has 10 heteroatoms. The van der Waals surface area contributed by atoms with Crippen molar-refractivity contribution in [2.75, 3.05) is 17.1 Å². The first-order valence-electron chi connectivity index (χ1n) is 10.9. The van der Waals surface area contributed by atoms with E-state index in [0.717, 1.165) is 27.0 Å². The Labute approximate surface area is 215 Å². The summed E-state index contributed by atoms with van der Waals surface area (Å²) in [6, 6.07) is 11.3. The van der Waals surface area contributed by atoms with Crippen molar-refractivity contribution >= 4 is 55.1 Å². The summed E-state index contributed by atoms with van der Waals surface area (Å²) in [5.41, 5.74) is 1.78. The lowest BCUT2D eigenvalue weighted by atomic mass is 10.1. The van der Waals surface area contributed by atoms with Crippen LogP contribution in [0.25, 0.3) is 0 Å². The van der Waals surface area contributed by atoms with Gasteiger partial charge in [0.05, 0.1) is 11.9 Å². The number of carbonyl (C=O) groups excluding carboxylic acids is 2. The lowest BCUT2D eigenvalue weighted by Gasteiger charge is -2.32. The molecular formula is C24H31BrClN3O4S. The molecule has 0 heterocycles. The van der Waals surface area contributed by atoms with Crippen molar-refractivity contribution in [2.45, 2.75) is 52.7 Å². The third-order valence-corrected chi connectivity index (χ3v) is 7.37. The van der Waals surface area contributed by atoms with Crippen LogP contribution in [0.15, 0.2) is 46.9 Å². The molecule has 0 fully saturated rings. The molecule has 2 rings (SSSR count). The molecular weight excluding hydrogens is 542 g/mol. The largest absolute Gasteiger partial charge is 0.352 e. The number of sulfonamides is 1. The van der Waals surface area contributed by atoms with E-state index >= 15 is 0 Å². The van der Waals surface area contributed by atoms with E-state index in [9.17, 15) is 18.0 Å². The lowest BCUT2D eigenvalue weighted by Crippen LogP contribution is -2.52. The summed E-state index contributed by atoms with van der Waals surface area (Å²) >= 11 is 9.46. The van der Waals surface area contributed by atoms with Crippen LogP contribution < -0.4 is 9.62 Å². The summed E-state index contributed by atoms with van der Waals surface area (Å²) in [5, 5.41) is 3.37. The molecule has 0 aliphatic carbocycles. The van der Waals surface area contributed by atoms with Crippen molar-refractivity contribution < 1.29 is 18.0 Å². The van der Waals surface area contributed by atoms with E-state index in [2.05, 4.69) is 21.2 Å². The third-order valence-electron chi connectivity index (χ3n) is 5.52. The summed E-state index contributed by atoms with van der Waals surface area (Å²) in [5.74, 6) is -0.794. The van der Waals surface area contributed by atoms with Crippen LogP contribution in [0.1, 0.15) is 38.3 Å². The second-order valence-corrected chi connectivity index (χ2v) is 11.6. The number of hydrogen-bond acceptors (Lipinski definition) is 4. The summed E-state index contributed by atoms with van der Waals surface area (Å²) in [6.45, 7) is 6.91. The van der Waals surface area contributed by atoms with Crippen LogP contribution in [0.5, 0.6) is 0 Å². The van der Waals surface area contributed by atoms with Crippen LogP contribution >= 0.6 is 27.5 Å². The Bertz CT molecular complexity index is 1140. The van der Waals surface area contributed by atoms with Crippen LogP contribution in [0.2, 0.25) is 5.02 Å². The number of nitrogens with zero attached hydrogens (tertiary/aromatic N) is 2. The Morgan fingerprint density at radius 1 is 1.15 bits per heavy atom. The highest BCUT2D eigenvalue weighted by atomic mass is 79.9. The zero-order chi connectivity index (χ0) is 25.6. The highest BCUT2D eigenvalue weighted by molar-refractivity contribution is 9.10. The molecule has 0 aliphatic heterocycles. The molecule has 7 nitrogen and oxygen atoms in total. The van der Waals surface area contributed by atoms with Crippen molar-refractivity contribution in [3.63, 3.8) is 0 Å². The third kappa shape index (κ3) is 7.71. The van der Waals surface area contributed by atoms with Crippen LogP contribution in [0.4, 0.5) is 5.69 Å².